The highest BCUT2D eigenvalue weighted by molar-refractivity contribution is 5.50. The van der Waals surface area contributed by atoms with E-state index < -0.39 is 0 Å². The Hall–Kier alpha value is -1.36. The molecule has 0 unspecified atom stereocenters. The molecule has 0 spiro atoms. The molecule has 2 heterocycles. The lowest BCUT2D eigenvalue weighted by atomic mass is 10.1. The molecule has 0 radical (unpaired) electrons. The van der Waals surface area contributed by atoms with Crippen molar-refractivity contribution in [2.45, 2.75) is 19.9 Å². The van der Waals surface area contributed by atoms with Crippen LogP contribution in [-0.4, -0.2) is 42.7 Å². The van der Waals surface area contributed by atoms with E-state index in [-0.39, 0.29) is 0 Å². The Balaban J connectivity index is 1.93. The molecule has 0 atom stereocenters. The molecule has 1 aliphatic heterocycles. The van der Waals surface area contributed by atoms with Gasteiger partial charge in [0.1, 0.15) is 18.0 Å². The minimum Gasteiger partial charge on any atom is -0.370 e. The fourth-order valence-electron chi connectivity index (χ4n) is 1.77. The van der Waals surface area contributed by atoms with E-state index in [9.17, 15) is 0 Å². The first-order valence-electron chi connectivity index (χ1n) is 6.17. The molecule has 2 N–H and O–H groups in total. The molecule has 1 aromatic heterocycles. The second-order valence-electron chi connectivity index (χ2n) is 4.93. The second-order valence-corrected chi connectivity index (χ2v) is 4.93. The lowest BCUT2D eigenvalue weighted by Crippen LogP contribution is -2.57. The first-order chi connectivity index (χ1) is 8.19. The van der Waals surface area contributed by atoms with Crippen molar-refractivity contribution in [2.75, 3.05) is 36.9 Å². The summed E-state index contributed by atoms with van der Waals surface area (Å²) in [5, 5.41) is 6.57. The average molecular weight is 235 g/mol. The van der Waals surface area contributed by atoms with Crippen molar-refractivity contribution in [1.82, 2.24) is 15.3 Å². The van der Waals surface area contributed by atoms with E-state index in [1.807, 2.05) is 13.1 Å². The van der Waals surface area contributed by atoms with Gasteiger partial charge >= 0.3 is 0 Å². The van der Waals surface area contributed by atoms with Crippen molar-refractivity contribution < 1.29 is 0 Å². The molecule has 94 valence electrons. The third-order valence-electron chi connectivity index (χ3n) is 2.96. The zero-order chi connectivity index (χ0) is 12.3. The summed E-state index contributed by atoms with van der Waals surface area (Å²) in [6, 6.07) is 2.62. The van der Waals surface area contributed by atoms with Crippen LogP contribution < -0.4 is 15.5 Å². The van der Waals surface area contributed by atoms with E-state index in [0.29, 0.717) is 12.0 Å². The SMILES string of the molecule is CNC1CN(c2cc(NCC(C)C)ncn2)C1. The van der Waals surface area contributed by atoms with Gasteiger partial charge in [0.05, 0.1) is 0 Å². The Labute approximate surface area is 103 Å². The summed E-state index contributed by atoms with van der Waals surface area (Å²) in [6.45, 7) is 7.36. The van der Waals surface area contributed by atoms with Gasteiger partial charge < -0.3 is 15.5 Å². The highest BCUT2D eigenvalue weighted by Gasteiger charge is 2.26. The van der Waals surface area contributed by atoms with Crippen molar-refractivity contribution in [3.63, 3.8) is 0 Å². The molecule has 0 aliphatic carbocycles. The monoisotopic (exact) mass is 235 g/mol. The first kappa shape index (κ1) is 12.1. The maximum absolute atomic E-state index is 4.30. The van der Waals surface area contributed by atoms with Crippen LogP contribution in [0.1, 0.15) is 13.8 Å². The predicted octanol–water partition coefficient (Wildman–Crippen LogP) is 0.952. The van der Waals surface area contributed by atoms with E-state index in [1.165, 1.54) is 0 Å². The van der Waals surface area contributed by atoms with Crippen LogP contribution in [0.15, 0.2) is 12.4 Å². The molecule has 0 bridgehead atoms. The summed E-state index contributed by atoms with van der Waals surface area (Å²) in [5.74, 6) is 2.54. The molecule has 1 fully saturated rings. The predicted molar refractivity (Wildman–Crippen MR) is 70.4 cm³/mol. The number of nitrogens with one attached hydrogen (secondary N) is 2. The van der Waals surface area contributed by atoms with E-state index in [0.717, 1.165) is 31.3 Å². The largest absolute Gasteiger partial charge is 0.370 e. The van der Waals surface area contributed by atoms with Crippen LogP contribution in [0, 0.1) is 5.92 Å². The van der Waals surface area contributed by atoms with Crippen molar-refractivity contribution in [2.24, 2.45) is 5.92 Å². The number of nitrogens with zero attached hydrogens (tertiary/aromatic N) is 3. The summed E-state index contributed by atoms with van der Waals surface area (Å²) < 4.78 is 0. The zero-order valence-corrected chi connectivity index (χ0v) is 10.8. The van der Waals surface area contributed by atoms with Gasteiger partial charge in [0.25, 0.3) is 0 Å². The Morgan fingerprint density at radius 3 is 2.82 bits per heavy atom. The normalized spacial score (nSPS) is 16.1. The first-order valence-corrected chi connectivity index (χ1v) is 6.17. The van der Waals surface area contributed by atoms with E-state index >= 15 is 0 Å². The number of likely N-dealkylation sites (N-methyl/N-ethyl adjacent to an activating group) is 1. The lowest BCUT2D eigenvalue weighted by molar-refractivity contribution is 0.447. The van der Waals surface area contributed by atoms with Crippen LogP contribution >= 0.6 is 0 Å². The number of hydrogen-bond acceptors (Lipinski definition) is 5. The van der Waals surface area contributed by atoms with E-state index in [4.69, 9.17) is 0 Å². The molecule has 17 heavy (non-hydrogen) atoms. The average Bonchev–Trinajstić information content (AvgIpc) is 2.26. The van der Waals surface area contributed by atoms with Crippen LogP contribution in [0.5, 0.6) is 0 Å². The molecule has 0 saturated carbocycles. The third-order valence-corrected chi connectivity index (χ3v) is 2.96. The van der Waals surface area contributed by atoms with Crippen molar-refractivity contribution in [3.8, 4) is 0 Å². The molecule has 0 aromatic carbocycles. The summed E-state index contributed by atoms with van der Waals surface area (Å²) in [6.07, 6.45) is 1.63. The van der Waals surface area contributed by atoms with Gasteiger partial charge in [0.2, 0.25) is 0 Å². The fourth-order valence-corrected chi connectivity index (χ4v) is 1.77. The summed E-state index contributed by atoms with van der Waals surface area (Å²) >= 11 is 0. The summed E-state index contributed by atoms with van der Waals surface area (Å²) in [4.78, 5) is 10.8. The molecule has 1 saturated heterocycles. The fraction of sp³-hybridized carbons (Fsp3) is 0.667. The molecule has 1 aliphatic rings. The van der Waals surface area contributed by atoms with Crippen LogP contribution in [0.3, 0.4) is 0 Å². The molecule has 1 aromatic rings. The molecule has 5 nitrogen and oxygen atoms in total. The minimum absolute atomic E-state index is 0.594. The van der Waals surface area contributed by atoms with Gasteiger partial charge in [0.15, 0.2) is 0 Å². The lowest BCUT2D eigenvalue weighted by Gasteiger charge is -2.39. The number of rotatable bonds is 5. The molecular weight excluding hydrogens is 214 g/mol. The van der Waals surface area contributed by atoms with Gasteiger partial charge in [-0.1, -0.05) is 13.8 Å². The van der Waals surface area contributed by atoms with Crippen LogP contribution in [0.2, 0.25) is 0 Å². The second kappa shape index (κ2) is 5.31. The Morgan fingerprint density at radius 2 is 2.18 bits per heavy atom. The van der Waals surface area contributed by atoms with Gasteiger partial charge in [-0.2, -0.15) is 0 Å². The Bertz CT molecular complexity index is 360. The molecule has 5 heteroatoms. The van der Waals surface area contributed by atoms with Gasteiger partial charge in [-0.15, -0.1) is 0 Å². The van der Waals surface area contributed by atoms with Gasteiger partial charge in [0, 0.05) is 31.7 Å². The van der Waals surface area contributed by atoms with Crippen LogP contribution in [0.25, 0.3) is 0 Å². The Morgan fingerprint density at radius 1 is 1.41 bits per heavy atom. The quantitative estimate of drug-likeness (QED) is 0.796. The zero-order valence-electron chi connectivity index (χ0n) is 10.8. The summed E-state index contributed by atoms with van der Waals surface area (Å²) in [7, 11) is 2.00. The topological polar surface area (TPSA) is 53.1 Å². The standard InChI is InChI=1S/C12H21N5/c1-9(2)5-14-11-4-12(16-8-15-11)17-6-10(7-17)13-3/h4,8-10,13H,5-7H2,1-3H3,(H,14,15,16). The Kier molecular flexibility index (Phi) is 3.78. The van der Waals surface area contributed by atoms with Crippen LogP contribution in [0.4, 0.5) is 11.6 Å². The van der Waals surface area contributed by atoms with Crippen LogP contribution in [-0.2, 0) is 0 Å². The molecule has 2 rings (SSSR count). The molecule has 0 amide bonds. The number of anilines is 2. The smallest absolute Gasteiger partial charge is 0.134 e. The third kappa shape index (κ3) is 3.06. The van der Waals surface area contributed by atoms with E-state index in [2.05, 4.69) is 39.3 Å². The van der Waals surface area contributed by atoms with Crippen molar-refractivity contribution >= 4 is 11.6 Å². The van der Waals surface area contributed by atoms with Gasteiger partial charge in [-0.25, -0.2) is 9.97 Å². The van der Waals surface area contributed by atoms with Crippen molar-refractivity contribution in [3.05, 3.63) is 12.4 Å². The number of hydrogen-bond donors (Lipinski definition) is 2. The van der Waals surface area contributed by atoms with Gasteiger partial charge in [-0.3, -0.25) is 0 Å². The highest BCUT2D eigenvalue weighted by atomic mass is 15.3. The van der Waals surface area contributed by atoms with Crippen molar-refractivity contribution in [1.29, 1.82) is 0 Å². The summed E-state index contributed by atoms with van der Waals surface area (Å²) in [5.41, 5.74) is 0. The van der Waals surface area contributed by atoms with Gasteiger partial charge in [-0.05, 0) is 13.0 Å². The molecular formula is C12H21N5. The minimum atomic E-state index is 0.594. The highest BCUT2D eigenvalue weighted by Crippen LogP contribution is 2.19. The number of aromatic nitrogens is 2. The van der Waals surface area contributed by atoms with E-state index in [1.54, 1.807) is 6.33 Å². The maximum Gasteiger partial charge on any atom is 0.134 e. The maximum atomic E-state index is 4.30.